The van der Waals surface area contributed by atoms with Crippen LogP contribution in [0.1, 0.15) is 5.56 Å². The molecule has 0 amide bonds. The Morgan fingerprint density at radius 3 is 2.56 bits per heavy atom. The third kappa shape index (κ3) is 4.36. The lowest BCUT2D eigenvalue weighted by Gasteiger charge is -2.03. The van der Waals surface area contributed by atoms with Gasteiger partial charge in [0.2, 0.25) is 11.0 Å². The van der Waals surface area contributed by atoms with Crippen molar-refractivity contribution in [3.8, 4) is 0 Å². The second-order valence-electron chi connectivity index (χ2n) is 5.59. The van der Waals surface area contributed by atoms with Crippen molar-refractivity contribution < 1.29 is 0 Å². The molecule has 3 aromatic carbocycles. The Morgan fingerprint density at radius 2 is 1.74 bits per heavy atom. The van der Waals surface area contributed by atoms with E-state index in [1.54, 1.807) is 12.1 Å². The van der Waals surface area contributed by atoms with Gasteiger partial charge in [0.1, 0.15) is 0 Å². The number of hydrogen-bond donors (Lipinski definition) is 1. The van der Waals surface area contributed by atoms with E-state index >= 15 is 0 Å². The highest BCUT2D eigenvalue weighted by Gasteiger charge is 2.06. The van der Waals surface area contributed by atoms with Gasteiger partial charge in [-0.15, -0.1) is 10.2 Å². The molecule has 0 fully saturated rings. The van der Waals surface area contributed by atoms with E-state index < -0.39 is 0 Å². The molecule has 5 nitrogen and oxygen atoms in total. The zero-order valence-corrected chi connectivity index (χ0v) is 15.7. The number of hydrogen-bond acceptors (Lipinski definition) is 5. The average molecular weight is 392 g/mol. The molecule has 0 spiro atoms. The molecule has 1 heterocycles. The molecule has 4 aromatic rings. The summed E-state index contributed by atoms with van der Waals surface area (Å²) in [6.07, 6.45) is 0. The number of nitrogens with one attached hydrogen (secondary N) is 1. The first-order valence-corrected chi connectivity index (χ1v) is 9.39. The summed E-state index contributed by atoms with van der Waals surface area (Å²) in [5.41, 5.74) is 5.52. The maximum atomic E-state index is 6.12. The van der Waals surface area contributed by atoms with E-state index in [9.17, 15) is 0 Å². The van der Waals surface area contributed by atoms with Crippen molar-refractivity contribution >= 4 is 49.8 Å². The van der Waals surface area contributed by atoms with Crippen molar-refractivity contribution in [3.05, 3.63) is 89.4 Å². The first-order chi connectivity index (χ1) is 13.3. The van der Waals surface area contributed by atoms with Crippen LogP contribution in [0.15, 0.2) is 94.2 Å². The molecule has 0 atom stereocenters. The second-order valence-corrected chi connectivity index (χ2v) is 7.03. The molecule has 0 saturated carbocycles. The number of benzene rings is 3. The van der Waals surface area contributed by atoms with Crippen LogP contribution in [0.5, 0.6) is 0 Å². The molecule has 0 radical (unpaired) electrons. The van der Waals surface area contributed by atoms with Gasteiger partial charge in [-0.1, -0.05) is 65.4 Å². The monoisotopic (exact) mass is 391 g/mol. The van der Waals surface area contributed by atoms with E-state index in [0.29, 0.717) is 16.0 Å². The summed E-state index contributed by atoms with van der Waals surface area (Å²) in [7, 11) is 0. The largest absolute Gasteiger partial charge is 0.276 e. The molecule has 0 aliphatic heterocycles. The number of para-hydroxylation sites is 2. The second kappa shape index (κ2) is 8.07. The van der Waals surface area contributed by atoms with E-state index in [1.807, 2.05) is 66.7 Å². The first kappa shape index (κ1) is 17.3. The number of thiazole rings is 1. The van der Waals surface area contributed by atoms with Gasteiger partial charge in [-0.05, 0) is 36.4 Å². The average Bonchev–Trinajstić information content (AvgIpc) is 3.12. The van der Waals surface area contributed by atoms with Crippen LogP contribution in [-0.2, 0) is 0 Å². The molecule has 0 aliphatic rings. The van der Waals surface area contributed by atoms with Gasteiger partial charge >= 0.3 is 0 Å². The smallest absolute Gasteiger partial charge is 0.231 e. The van der Waals surface area contributed by atoms with E-state index in [0.717, 1.165) is 21.5 Å². The minimum atomic E-state index is 0.417. The Balaban J connectivity index is 1.66. The lowest BCUT2D eigenvalue weighted by atomic mass is 10.2. The molecular formula is C20H14ClN5S. The summed E-state index contributed by atoms with van der Waals surface area (Å²) in [4.78, 5) is 4.47. The SMILES string of the molecule is Clc1cccc(/C(N=Nc2nc3ccccc3s2)=N\Nc2ccccc2)c1. The molecule has 1 N–H and O–H groups in total. The highest BCUT2D eigenvalue weighted by atomic mass is 35.5. The number of azo groups is 1. The van der Waals surface area contributed by atoms with Gasteiger partial charge in [0.05, 0.1) is 15.9 Å². The predicted octanol–water partition coefficient (Wildman–Crippen LogP) is 6.51. The van der Waals surface area contributed by atoms with Crippen molar-refractivity contribution in [2.24, 2.45) is 15.3 Å². The number of anilines is 1. The van der Waals surface area contributed by atoms with Gasteiger partial charge in [-0.3, -0.25) is 5.43 Å². The molecule has 0 aliphatic carbocycles. The van der Waals surface area contributed by atoms with Crippen molar-refractivity contribution in [1.29, 1.82) is 0 Å². The highest BCUT2D eigenvalue weighted by molar-refractivity contribution is 7.21. The maximum Gasteiger partial charge on any atom is 0.231 e. The van der Waals surface area contributed by atoms with Gasteiger partial charge in [0.25, 0.3) is 0 Å². The number of hydrazone groups is 1. The minimum absolute atomic E-state index is 0.417. The van der Waals surface area contributed by atoms with E-state index in [1.165, 1.54) is 11.3 Å². The van der Waals surface area contributed by atoms with Crippen LogP contribution in [0.3, 0.4) is 0 Å². The molecule has 0 saturated heterocycles. The van der Waals surface area contributed by atoms with Crippen molar-refractivity contribution in [2.75, 3.05) is 5.43 Å². The zero-order valence-electron chi connectivity index (χ0n) is 14.1. The number of fused-ring (bicyclic) bond motifs is 1. The fourth-order valence-electron chi connectivity index (χ4n) is 2.40. The summed E-state index contributed by atoms with van der Waals surface area (Å²) in [6, 6.07) is 24.9. The van der Waals surface area contributed by atoms with E-state index in [2.05, 4.69) is 25.7 Å². The van der Waals surface area contributed by atoms with Gasteiger partial charge < -0.3 is 0 Å². The lowest BCUT2D eigenvalue weighted by Crippen LogP contribution is -2.01. The first-order valence-electron chi connectivity index (χ1n) is 8.20. The minimum Gasteiger partial charge on any atom is -0.276 e. The summed E-state index contributed by atoms with van der Waals surface area (Å²) >= 11 is 7.60. The number of nitrogens with zero attached hydrogens (tertiary/aromatic N) is 4. The molecular weight excluding hydrogens is 378 g/mol. The molecule has 132 valence electrons. The molecule has 1 aromatic heterocycles. The molecule has 4 rings (SSSR count). The van der Waals surface area contributed by atoms with Crippen molar-refractivity contribution in [3.63, 3.8) is 0 Å². The summed E-state index contributed by atoms with van der Waals surface area (Å²) < 4.78 is 1.06. The number of aromatic nitrogens is 1. The Hall–Kier alpha value is -3.09. The van der Waals surface area contributed by atoms with Crippen LogP contribution >= 0.6 is 22.9 Å². The topological polar surface area (TPSA) is 62.0 Å². The standard InChI is InChI=1S/C20H14ClN5S/c21-15-8-6-7-14(13-15)19(24-23-16-9-2-1-3-10-16)25-26-20-22-17-11-4-5-12-18(17)27-20/h1-13,23H/b24-19+,26-25?. The summed E-state index contributed by atoms with van der Waals surface area (Å²) in [5.74, 6) is 0.417. The quantitative estimate of drug-likeness (QED) is 0.186. The third-order valence-electron chi connectivity index (χ3n) is 3.66. The third-order valence-corrected chi connectivity index (χ3v) is 4.82. The van der Waals surface area contributed by atoms with Crippen molar-refractivity contribution in [1.82, 2.24) is 4.98 Å². The number of halogens is 1. The van der Waals surface area contributed by atoms with Crippen molar-refractivity contribution in [2.45, 2.75) is 0 Å². The normalized spacial score (nSPS) is 12.0. The van der Waals surface area contributed by atoms with E-state index in [4.69, 9.17) is 11.6 Å². The molecule has 27 heavy (non-hydrogen) atoms. The fraction of sp³-hybridized carbons (Fsp3) is 0. The van der Waals surface area contributed by atoms with E-state index in [-0.39, 0.29) is 0 Å². The van der Waals surface area contributed by atoms with Crippen LogP contribution in [-0.4, -0.2) is 10.8 Å². The van der Waals surface area contributed by atoms with Gasteiger partial charge in [0, 0.05) is 10.6 Å². The number of amidine groups is 1. The Bertz CT molecular complexity index is 1090. The summed E-state index contributed by atoms with van der Waals surface area (Å²) in [6.45, 7) is 0. The maximum absolute atomic E-state index is 6.12. The number of rotatable bonds is 4. The molecule has 0 unspecified atom stereocenters. The fourth-order valence-corrected chi connectivity index (χ4v) is 3.37. The van der Waals surface area contributed by atoms with Gasteiger partial charge in [0.15, 0.2) is 0 Å². The van der Waals surface area contributed by atoms with Gasteiger partial charge in [-0.25, -0.2) is 4.98 Å². The predicted molar refractivity (Wildman–Crippen MR) is 112 cm³/mol. The van der Waals surface area contributed by atoms with Crippen LogP contribution in [0.4, 0.5) is 10.8 Å². The molecule has 7 heteroatoms. The highest BCUT2D eigenvalue weighted by Crippen LogP contribution is 2.28. The Labute approximate surface area is 165 Å². The van der Waals surface area contributed by atoms with Gasteiger partial charge in [-0.2, -0.15) is 5.10 Å². The Morgan fingerprint density at radius 1 is 0.926 bits per heavy atom. The lowest BCUT2D eigenvalue weighted by molar-refractivity contribution is 1.21. The van der Waals surface area contributed by atoms with Crippen LogP contribution in [0.25, 0.3) is 10.2 Å². The molecule has 0 bridgehead atoms. The zero-order chi connectivity index (χ0) is 18.5. The van der Waals surface area contributed by atoms with Crippen LogP contribution in [0, 0.1) is 0 Å². The van der Waals surface area contributed by atoms with Crippen LogP contribution < -0.4 is 5.43 Å². The Kier molecular flexibility index (Phi) is 5.18. The van der Waals surface area contributed by atoms with Crippen LogP contribution in [0.2, 0.25) is 5.02 Å². The summed E-state index contributed by atoms with van der Waals surface area (Å²) in [5, 5.41) is 14.2.